The van der Waals surface area contributed by atoms with Crippen LogP contribution in [0.1, 0.15) is 25.8 Å². The van der Waals surface area contributed by atoms with Crippen molar-refractivity contribution in [2.45, 2.75) is 39.3 Å². The van der Waals surface area contributed by atoms with Crippen LogP contribution >= 0.6 is 11.8 Å². The third-order valence-electron chi connectivity index (χ3n) is 4.02. The second-order valence-corrected chi connectivity index (χ2v) is 7.02. The fourth-order valence-corrected chi connectivity index (χ4v) is 3.57. The lowest BCUT2D eigenvalue weighted by molar-refractivity contribution is -0.112. The van der Waals surface area contributed by atoms with E-state index < -0.39 is 6.04 Å². The highest BCUT2D eigenvalue weighted by Crippen LogP contribution is 2.25. The van der Waals surface area contributed by atoms with Crippen LogP contribution in [0, 0.1) is 0 Å². The van der Waals surface area contributed by atoms with Gasteiger partial charge in [-0.1, -0.05) is 23.8 Å². The maximum absolute atomic E-state index is 11.8. The first-order valence-corrected chi connectivity index (χ1v) is 8.58. The number of hydrogen-bond acceptors (Lipinski definition) is 3. The number of aromatic nitrogens is 1. The molecule has 1 aromatic heterocycles. The predicted octanol–water partition coefficient (Wildman–Crippen LogP) is 3.89. The molecule has 2 heterocycles. The predicted molar refractivity (Wildman–Crippen MR) is 94.6 cm³/mol. The molecule has 1 aromatic carbocycles. The smallest absolute Gasteiger partial charge is 0.287 e. The van der Waals surface area contributed by atoms with Crippen molar-refractivity contribution in [2.75, 3.05) is 0 Å². The van der Waals surface area contributed by atoms with E-state index >= 15 is 0 Å². The van der Waals surface area contributed by atoms with Crippen LogP contribution < -0.4 is 5.32 Å². The zero-order chi connectivity index (χ0) is 16.4. The SMILES string of the molecule is CC(C)=CCCn1ccc2c(CC3NC(=O)SC3=O)cccc21. The molecular weight excluding hydrogens is 308 g/mol. The average Bonchev–Trinajstić information content (AvgIpc) is 3.03. The van der Waals surface area contributed by atoms with Gasteiger partial charge in [-0.2, -0.15) is 0 Å². The number of hydrogen-bond donors (Lipinski definition) is 1. The van der Waals surface area contributed by atoms with E-state index in [4.69, 9.17) is 0 Å². The fourth-order valence-electron chi connectivity index (χ4n) is 2.90. The van der Waals surface area contributed by atoms with Crippen molar-refractivity contribution in [3.8, 4) is 0 Å². The van der Waals surface area contributed by atoms with E-state index in [1.165, 1.54) is 11.1 Å². The van der Waals surface area contributed by atoms with E-state index in [2.05, 4.69) is 48.1 Å². The summed E-state index contributed by atoms with van der Waals surface area (Å²) in [6.45, 7) is 5.15. The van der Waals surface area contributed by atoms with Crippen LogP contribution in [0.3, 0.4) is 0 Å². The topological polar surface area (TPSA) is 51.1 Å². The summed E-state index contributed by atoms with van der Waals surface area (Å²) in [6, 6.07) is 7.84. The quantitative estimate of drug-likeness (QED) is 0.847. The van der Waals surface area contributed by atoms with Gasteiger partial charge in [0.25, 0.3) is 5.24 Å². The highest BCUT2D eigenvalue weighted by Gasteiger charge is 2.31. The van der Waals surface area contributed by atoms with Gasteiger partial charge < -0.3 is 9.88 Å². The van der Waals surface area contributed by atoms with E-state index in [0.717, 1.165) is 35.7 Å². The summed E-state index contributed by atoms with van der Waals surface area (Å²) in [7, 11) is 0. The van der Waals surface area contributed by atoms with Crippen molar-refractivity contribution >= 4 is 33.0 Å². The molecule has 2 aromatic rings. The molecule has 1 saturated heterocycles. The maximum atomic E-state index is 11.8. The van der Waals surface area contributed by atoms with Crippen molar-refractivity contribution < 1.29 is 9.59 Å². The molecule has 1 atom stereocenters. The molecule has 0 spiro atoms. The molecule has 1 aliphatic rings. The maximum Gasteiger partial charge on any atom is 0.287 e. The molecule has 23 heavy (non-hydrogen) atoms. The highest BCUT2D eigenvalue weighted by atomic mass is 32.2. The van der Waals surface area contributed by atoms with Crippen LogP contribution in [-0.2, 0) is 17.8 Å². The number of allylic oxidation sites excluding steroid dienone is 2. The minimum absolute atomic E-state index is 0.0880. The van der Waals surface area contributed by atoms with Gasteiger partial charge in [-0.05, 0) is 38.0 Å². The third-order valence-corrected chi connectivity index (χ3v) is 4.81. The average molecular weight is 328 g/mol. The minimum atomic E-state index is -0.410. The number of carbonyl (C=O) groups is 2. The molecule has 1 aliphatic heterocycles. The lowest BCUT2D eigenvalue weighted by atomic mass is 10.0. The Kier molecular flexibility index (Phi) is 4.57. The summed E-state index contributed by atoms with van der Waals surface area (Å²) >= 11 is 0.772. The van der Waals surface area contributed by atoms with Gasteiger partial charge in [-0.3, -0.25) is 9.59 Å². The third kappa shape index (κ3) is 3.50. The number of fused-ring (bicyclic) bond motifs is 1. The molecule has 1 fully saturated rings. The summed E-state index contributed by atoms with van der Waals surface area (Å²) in [6.07, 6.45) is 5.88. The summed E-state index contributed by atoms with van der Waals surface area (Å²) in [5.41, 5.74) is 3.61. The van der Waals surface area contributed by atoms with Crippen LogP contribution in [0.25, 0.3) is 10.9 Å². The first-order chi connectivity index (χ1) is 11.0. The van der Waals surface area contributed by atoms with Gasteiger partial charge in [0.2, 0.25) is 5.12 Å². The zero-order valence-electron chi connectivity index (χ0n) is 13.3. The first kappa shape index (κ1) is 15.9. The van der Waals surface area contributed by atoms with E-state index in [0.29, 0.717) is 6.42 Å². The monoisotopic (exact) mass is 328 g/mol. The molecule has 5 heteroatoms. The van der Waals surface area contributed by atoms with Crippen molar-refractivity contribution in [3.63, 3.8) is 0 Å². The number of nitrogens with one attached hydrogen (secondary N) is 1. The molecule has 0 radical (unpaired) electrons. The van der Waals surface area contributed by atoms with Crippen molar-refractivity contribution in [3.05, 3.63) is 47.7 Å². The molecular formula is C18H20N2O2S. The van der Waals surface area contributed by atoms with Gasteiger partial charge in [0.1, 0.15) is 6.04 Å². The van der Waals surface area contributed by atoms with Crippen molar-refractivity contribution in [1.82, 2.24) is 9.88 Å². The Morgan fingerprint density at radius 3 is 2.83 bits per heavy atom. The number of rotatable bonds is 5. The Labute approximate surface area is 139 Å². The molecule has 120 valence electrons. The molecule has 4 nitrogen and oxygen atoms in total. The van der Waals surface area contributed by atoms with Gasteiger partial charge in [-0.25, -0.2) is 0 Å². The Hall–Kier alpha value is -2.01. The van der Waals surface area contributed by atoms with E-state index in [9.17, 15) is 9.59 Å². The molecule has 1 unspecified atom stereocenters. The first-order valence-electron chi connectivity index (χ1n) is 7.77. The Bertz CT molecular complexity index is 787. The standard InChI is InChI=1S/C18H20N2O2S/c1-12(2)5-4-9-20-10-8-14-13(6-3-7-16(14)20)11-15-17(21)23-18(22)19-15/h3,5-8,10,15H,4,9,11H2,1-2H3,(H,19,22). The number of amides is 1. The molecule has 0 aliphatic carbocycles. The molecule has 0 saturated carbocycles. The summed E-state index contributed by atoms with van der Waals surface area (Å²) in [4.78, 5) is 23.1. The van der Waals surface area contributed by atoms with Gasteiger partial charge in [0, 0.05) is 41.8 Å². The lowest BCUT2D eigenvalue weighted by Gasteiger charge is -2.10. The minimum Gasteiger partial charge on any atom is -0.347 e. The van der Waals surface area contributed by atoms with Gasteiger partial charge >= 0.3 is 0 Å². The van der Waals surface area contributed by atoms with Crippen LogP contribution in [-0.4, -0.2) is 21.0 Å². The van der Waals surface area contributed by atoms with Crippen LogP contribution in [0.2, 0.25) is 0 Å². The molecule has 1 N–H and O–H groups in total. The molecule has 3 rings (SSSR count). The summed E-state index contributed by atoms with van der Waals surface area (Å²) in [5, 5.41) is 3.55. The molecule has 1 amide bonds. The van der Waals surface area contributed by atoms with Crippen LogP contribution in [0.4, 0.5) is 4.79 Å². The van der Waals surface area contributed by atoms with Crippen LogP contribution in [0.5, 0.6) is 0 Å². The number of thioether (sulfide) groups is 1. The van der Waals surface area contributed by atoms with Gasteiger partial charge in [-0.15, -0.1) is 0 Å². The van der Waals surface area contributed by atoms with E-state index in [1.807, 2.05) is 12.1 Å². The van der Waals surface area contributed by atoms with Crippen LogP contribution in [0.15, 0.2) is 42.1 Å². The lowest BCUT2D eigenvalue weighted by Crippen LogP contribution is -2.30. The number of aryl methyl sites for hydroxylation is 1. The van der Waals surface area contributed by atoms with Gasteiger partial charge in [0.05, 0.1) is 0 Å². The summed E-state index contributed by atoms with van der Waals surface area (Å²) < 4.78 is 2.24. The Balaban J connectivity index is 1.82. The fraction of sp³-hybridized carbons (Fsp3) is 0.333. The van der Waals surface area contributed by atoms with Gasteiger partial charge in [0.15, 0.2) is 0 Å². The Morgan fingerprint density at radius 1 is 1.30 bits per heavy atom. The zero-order valence-corrected chi connectivity index (χ0v) is 14.2. The second kappa shape index (κ2) is 6.62. The van der Waals surface area contributed by atoms with Crippen molar-refractivity contribution in [2.24, 2.45) is 0 Å². The number of nitrogens with zero attached hydrogens (tertiary/aromatic N) is 1. The highest BCUT2D eigenvalue weighted by molar-refractivity contribution is 8.26. The largest absolute Gasteiger partial charge is 0.347 e. The number of carbonyl (C=O) groups excluding carboxylic acids is 2. The van der Waals surface area contributed by atoms with Crippen molar-refractivity contribution in [1.29, 1.82) is 0 Å². The molecule has 0 bridgehead atoms. The van der Waals surface area contributed by atoms with E-state index in [-0.39, 0.29) is 10.4 Å². The summed E-state index contributed by atoms with van der Waals surface area (Å²) in [5.74, 6) is 0. The normalized spacial score (nSPS) is 17.6. The van der Waals surface area contributed by atoms with E-state index in [1.54, 1.807) is 0 Å². The Morgan fingerprint density at radius 2 is 2.13 bits per heavy atom. The second-order valence-electron chi connectivity index (χ2n) is 6.04. The number of benzene rings is 1.